The Hall–Kier alpha value is -1.73. The predicted octanol–water partition coefficient (Wildman–Crippen LogP) is 2.26. The number of nitrogens with one attached hydrogen (secondary N) is 2. The molecular formula is C16H25N5OS. The van der Waals surface area contributed by atoms with E-state index in [2.05, 4.69) is 52.3 Å². The summed E-state index contributed by atoms with van der Waals surface area (Å²) in [7, 11) is 0. The van der Waals surface area contributed by atoms with Crippen LogP contribution in [0.3, 0.4) is 0 Å². The Morgan fingerprint density at radius 3 is 2.78 bits per heavy atom. The first kappa shape index (κ1) is 17.6. The molecule has 0 aliphatic rings. The number of aromatic nitrogens is 2. The molecule has 0 fully saturated rings. The Labute approximate surface area is 141 Å². The normalized spacial score (nSPS) is 11.1. The molecule has 2 heterocycles. The number of carbonyl (C=O) groups is 1. The number of nitrogens with zero attached hydrogens (tertiary/aromatic N) is 3. The summed E-state index contributed by atoms with van der Waals surface area (Å²) in [5, 5.41) is 7.22. The summed E-state index contributed by atoms with van der Waals surface area (Å²) in [5.74, 6) is 0.867. The third-order valence-electron chi connectivity index (χ3n) is 3.74. The molecule has 2 aromatic heterocycles. The van der Waals surface area contributed by atoms with Crippen LogP contribution >= 0.6 is 11.3 Å². The molecule has 0 saturated heterocycles. The molecule has 0 radical (unpaired) electrons. The molecule has 2 aromatic rings. The van der Waals surface area contributed by atoms with E-state index in [1.54, 1.807) is 17.7 Å². The second-order valence-electron chi connectivity index (χ2n) is 5.35. The van der Waals surface area contributed by atoms with Crippen LogP contribution in [0.1, 0.15) is 25.1 Å². The molecule has 23 heavy (non-hydrogen) atoms. The zero-order valence-corrected chi connectivity index (χ0v) is 14.9. The highest BCUT2D eigenvalue weighted by atomic mass is 32.1. The molecule has 0 bridgehead atoms. The summed E-state index contributed by atoms with van der Waals surface area (Å²) in [4.78, 5) is 24.9. The van der Waals surface area contributed by atoms with Crippen molar-refractivity contribution in [3.8, 4) is 0 Å². The van der Waals surface area contributed by atoms with Gasteiger partial charge in [0.2, 0.25) is 5.91 Å². The highest BCUT2D eigenvalue weighted by Gasteiger charge is 2.07. The Morgan fingerprint density at radius 2 is 2.04 bits per heavy atom. The van der Waals surface area contributed by atoms with Gasteiger partial charge in [-0.25, -0.2) is 9.97 Å². The number of carbonyl (C=O) groups excluding carboxylic acids is 1. The minimum absolute atomic E-state index is 0.0662. The van der Waals surface area contributed by atoms with Gasteiger partial charge in [0.05, 0.1) is 5.39 Å². The van der Waals surface area contributed by atoms with E-state index in [9.17, 15) is 4.79 Å². The molecule has 0 aromatic carbocycles. The molecule has 0 spiro atoms. The summed E-state index contributed by atoms with van der Waals surface area (Å²) in [6.07, 6.45) is 2.00. The first-order valence-corrected chi connectivity index (χ1v) is 8.89. The van der Waals surface area contributed by atoms with Gasteiger partial charge in [-0.2, -0.15) is 0 Å². The zero-order valence-electron chi connectivity index (χ0n) is 14.1. The molecule has 1 amide bonds. The van der Waals surface area contributed by atoms with Gasteiger partial charge in [0, 0.05) is 30.9 Å². The summed E-state index contributed by atoms with van der Waals surface area (Å²) < 4.78 is 0. The van der Waals surface area contributed by atoms with Crippen molar-refractivity contribution in [2.75, 3.05) is 38.0 Å². The first-order chi connectivity index (χ1) is 11.1. The van der Waals surface area contributed by atoms with E-state index in [0.29, 0.717) is 19.5 Å². The van der Waals surface area contributed by atoms with Crippen molar-refractivity contribution in [3.63, 3.8) is 0 Å². The Kier molecular flexibility index (Phi) is 6.73. The van der Waals surface area contributed by atoms with Gasteiger partial charge >= 0.3 is 0 Å². The molecule has 0 aliphatic carbocycles. The lowest BCUT2D eigenvalue weighted by molar-refractivity contribution is -0.120. The minimum Gasteiger partial charge on any atom is -0.369 e. The van der Waals surface area contributed by atoms with Crippen LogP contribution in [0.15, 0.2) is 12.4 Å². The molecule has 2 N–H and O–H groups in total. The van der Waals surface area contributed by atoms with E-state index in [1.807, 2.05) is 0 Å². The second kappa shape index (κ2) is 8.79. The quantitative estimate of drug-likeness (QED) is 0.735. The number of anilines is 1. The molecular weight excluding hydrogens is 310 g/mol. The van der Waals surface area contributed by atoms with Crippen molar-refractivity contribution in [1.82, 2.24) is 20.2 Å². The van der Waals surface area contributed by atoms with E-state index < -0.39 is 0 Å². The Morgan fingerprint density at radius 1 is 1.26 bits per heavy atom. The van der Waals surface area contributed by atoms with Crippen molar-refractivity contribution >= 4 is 33.3 Å². The third kappa shape index (κ3) is 5.14. The second-order valence-corrected chi connectivity index (χ2v) is 6.59. The third-order valence-corrected chi connectivity index (χ3v) is 4.70. The summed E-state index contributed by atoms with van der Waals surface area (Å²) in [5.41, 5.74) is 0. The maximum absolute atomic E-state index is 11.9. The maximum Gasteiger partial charge on any atom is 0.221 e. The van der Waals surface area contributed by atoms with E-state index in [0.717, 1.165) is 35.7 Å². The van der Waals surface area contributed by atoms with Crippen LogP contribution < -0.4 is 10.6 Å². The lowest BCUT2D eigenvalue weighted by atomic mass is 10.3. The highest BCUT2D eigenvalue weighted by Crippen LogP contribution is 2.27. The first-order valence-electron chi connectivity index (χ1n) is 8.08. The van der Waals surface area contributed by atoms with Crippen molar-refractivity contribution < 1.29 is 4.79 Å². The van der Waals surface area contributed by atoms with Gasteiger partial charge < -0.3 is 15.5 Å². The lowest BCUT2D eigenvalue weighted by Crippen LogP contribution is -2.35. The van der Waals surface area contributed by atoms with Crippen LogP contribution in [0.25, 0.3) is 10.2 Å². The fraction of sp³-hybridized carbons (Fsp3) is 0.562. The van der Waals surface area contributed by atoms with Crippen LogP contribution in [-0.2, 0) is 4.79 Å². The van der Waals surface area contributed by atoms with Crippen LogP contribution in [0, 0.1) is 6.92 Å². The Balaban J connectivity index is 1.74. The average molecular weight is 335 g/mol. The van der Waals surface area contributed by atoms with Crippen molar-refractivity contribution in [2.45, 2.75) is 27.2 Å². The fourth-order valence-corrected chi connectivity index (χ4v) is 3.24. The van der Waals surface area contributed by atoms with Gasteiger partial charge in [0.15, 0.2) is 0 Å². The number of amides is 1. The number of hydrogen-bond acceptors (Lipinski definition) is 6. The highest BCUT2D eigenvalue weighted by molar-refractivity contribution is 7.18. The van der Waals surface area contributed by atoms with Crippen LogP contribution in [0.4, 0.5) is 5.82 Å². The zero-order chi connectivity index (χ0) is 16.7. The molecule has 0 atom stereocenters. The van der Waals surface area contributed by atoms with Gasteiger partial charge in [0.1, 0.15) is 17.0 Å². The van der Waals surface area contributed by atoms with E-state index in [4.69, 9.17) is 0 Å². The molecule has 7 heteroatoms. The average Bonchev–Trinajstić information content (AvgIpc) is 2.93. The summed E-state index contributed by atoms with van der Waals surface area (Å²) >= 11 is 1.65. The van der Waals surface area contributed by atoms with E-state index in [-0.39, 0.29) is 5.91 Å². The van der Waals surface area contributed by atoms with Gasteiger partial charge in [0.25, 0.3) is 0 Å². The summed E-state index contributed by atoms with van der Waals surface area (Å²) in [6, 6.07) is 2.08. The van der Waals surface area contributed by atoms with Crippen LogP contribution in [0.2, 0.25) is 0 Å². The monoisotopic (exact) mass is 335 g/mol. The standard InChI is InChI=1S/C16H25N5OS/c1-4-21(5-2)9-8-17-14(22)6-7-18-15-13-10-12(3)23-16(13)20-11-19-15/h10-11H,4-9H2,1-3H3,(H,17,22)(H,18,19,20). The van der Waals surface area contributed by atoms with Crippen molar-refractivity contribution in [3.05, 3.63) is 17.3 Å². The molecule has 6 nitrogen and oxygen atoms in total. The Bertz CT molecular complexity index is 638. The van der Waals surface area contributed by atoms with E-state index in [1.165, 1.54) is 4.88 Å². The molecule has 2 rings (SSSR count). The molecule has 0 unspecified atom stereocenters. The van der Waals surface area contributed by atoms with Crippen molar-refractivity contribution in [2.24, 2.45) is 0 Å². The number of fused-ring (bicyclic) bond motifs is 1. The summed E-state index contributed by atoms with van der Waals surface area (Å²) in [6.45, 7) is 10.5. The molecule has 0 saturated carbocycles. The number of thiophene rings is 1. The topological polar surface area (TPSA) is 70.2 Å². The van der Waals surface area contributed by atoms with Gasteiger partial charge in [-0.3, -0.25) is 4.79 Å². The number of rotatable bonds is 9. The SMILES string of the molecule is CCN(CC)CCNC(=O)CCNc1ncnc2sc(C)cc12. The molecule has 126 valence electrons. The number of likely N-dealkylation sites (N-methyl/N-ethyl adjacent to an activating group) is 1. The van der Waals surface area contributed by atoms with Crippen LogP contribution in [0.5, 0.6) is 0 Å². The van der Waals surface area contributed by atoms with Gasteiger partial charge in [-0.05, 0) is 26.1 Å². The number of aryl methyl sites for hydroxylation is 1. The van der Waals surface area contributed by atoms with Crippen molar-refractivity contribution in [1.29, 1.82) is 0 Å². The van der Waals surface area contributed by atoms with Gasteiger partial charge in [-0.1, -0.05) is 13.8 Å². The fourth-order valence-electron chi connectivity index (χ4n) is 2.39. The predicted molar refractivity (Wildman–Crippen MR) is 96.1 cm³/mol. The van der Waals surface area contributed by atoms with Gasteiger partial charge in [-0.15, -0.1) is 11.3 Å². The largest absolute Gasteiger partial charge is 0.369 e. The number of hydrogen-bond donors (Lipinski definition) is 2. The van der Waals surface area contributed by atoms with Crippen LogP contribution in [-0.4, -0.2) is 53.5 Å². The minimum atomic E-state index is 0.0662. The molecule has 0 aliphatic heterocycles. The van der Waals surface area contributed by atoms with E-state index >= 15 is 0 Å². The lowest BCUT2D eigenvalue weighted by Gasteiger charge is -2.17. The smallest absolute Gasteiger partial charge is 0.221 e. The maximum atomic E-state index is 11.9.